The highest BCUT2D eigenvalue weighted by atomic mass is 16.1. The first-order chi connectivity index (χ1) is 13.7. The van der Waals surface area contributed by atoms with Gasteiger partial charge in [-0.05, 0) is 103 Å². The normalized spacial score (nSPS) is 46.7. The van der Waals surface area contributed by atoms with Crippen molar-refractivity contribution in [1.29, 1.82) is 0 Å². The van der Waals surface area contributed by atoms with Crippen LogP contribution in [-0.4, -0.2) is 5.78 Å². The zero-order valence-electron chi connectivity index (χ0n) is 20.3. The van der Waals surface area contributed by atoms with Crippen molar-refractivity contribution >= 4 is 5.78 Å². The molecule has 4 unspecified atom stereocenters. The first-order valence-corrected chi connectivity index (χ1v) is 13.2. The molecule has 4 saturated carbocycles. The van der Waals surface area contributed by atoms with Crippen LogP contribution in [0.25, 0.3) is 0 Å². The fourth-order valence-corrected chi connectivity index (χ4v) is 9.08. The van der Waals surface area contributed by atoms with Crippen molar-refractivity contribution in [3.05, 3.63) is 0 Å². The molecule has 0 aromatic heterocycles. The topological polar surface area (TPSA) is 17.1 Å². The molecular weight excluding hydrogens is 352 g/mol. The van der Waals surface area contributed by atoms with Gasteiger partial charge in [0.15, 0.2) is 0 Å². The Labute approximate surface area is 181 Å². The average molecular weight is 401 g/mol. The van der Waals surface area contributed by atoms with Crippen LogP contribution in [0.4, 0.5) is 0 Å². The van der Waals surface area contributed by atoms with E-state index in [0.29, 0.717) is 22.5 Å². The monoisotopic (exact) mass is 400 g/mol. The summed E-state index contributed by atoms with van der Waals surface area (Å²) in [4.78, 5) is 12.1. The summed E-state index contributed by atoms with van der Waals surface area (Å²) in [5, 5.41) is 0. The number of hydrogen-bond acceptors (Lipinski definition) is 1. The maximum Gasteiger partial charge on any atom is 0.133 e. The maximum absolute atomic E-state index is 12.1. The number of rotatable bonds is 5. The highest BCUT2D eigenvalue weighted by Crippen LogP contribution is 2.68. The summed E-state index contributed by atoms with van der Waals surface area (Å²) >= 11 is 0. The van der Waals surface area contributed by atoms with Crippen LogP contribution in [-0.2, 0) is 4.79 Å². The van der Waals surface area contributed by atoms with Crippen LogP contribution >= 0.6 is 0 Å². The van der Waals surface area contributed by atoms with E-state index in [9.17, 15) is 4.79 Å². The summed E-state index contributed by atoms with van der Waals surface area (Å²) in [5.74, 6) is 7.60. The largest absolute Gasteiger partial charge is 0.300 e. The average Bonchev–Trinajstić information content (AvgIpc) is 3.03. The summed E-state index contributed by atoms with van der Waals surface area (Å²) < 4.78 is 0. The van der Waals surface area contributed by atoms with E-state index in [0.717, 1.165) is 54.3 Å². The number of ketones is 1. The van der Waals surface area contributed by atoms with E-state index in [1.54, 1.807) is 0 Å². The van der Waals surface area contributed by atoms with E-state index in [-0.39, 0.29) is 0 Å². The number of hydrogen-bond donors (Lipinski definition) is 0. The molecule has 9 atom stereocenters. The third-order valence-electron chi connectivity index (χ3n) is 11.5. The molecule has 0 amide bonds. The van der Waals surface area contributed by atoms with Crippen LogP contribution in [0.1, 0.15) is 112 Å². The first kappa shape index (κ1) is 21.9. The molecule has 166 valence electrons. The molecule has 4 aliphatic carbocycles. The van der Waals surface area contributed by atoms with Gasteiger partial charge in [0.05, 0.1) is 0 Å². The molecule has 0 aromatic carbocycles. The van der Waals surface area contributed by atoms with E-state index < -0.39 is 0 Å². The van der Waals surface area contributed by atoms with Gasteiger partial charge in [-0.15, -0.1) is 0 Å². The standard InChI is InChI=1S/C28H48O/c1-18(2)19(3)7-8-20(4)24-11-12-25-23-10-9-21-17-22(29)13-15-27(21,5)26(23)14-16-28(24,25)6/h18-21,23-26H,7-17H2,1-6H3/t19-,20-,21+,23?,24?,25?,26?,27+,28-/m1/s1. The van der Waals surface area contributed by atoms with E-state index in [1.165, 1.54) is 57.8 Å². The number of carbonyl (C=O) groups excluding carboxylic acids is 1. The van der Waals surface area contributed by atoms with Gasteiger partial charge >= 0.3 is 0 Å². The van der Waals surface area contributed by atoms with Crippen LogP contribution < -0.4 is 0 Å². The molecule has 4 fully saturated rings. The Morgan fingerprint density at radius 3 is 2.31 bits per heavy atom. The molecule has 0 radical (unpaired) electrons. The highest BCUT2D eigenvalue weighted by Gasteiger charge is 2.60. The van der Waals surface area contributed by atoms with Crippen LogP contribution in [0, 0.1) is 58.2 Å². The molecular formula is C28H48O. The fourth-order valence-electron chi connectivity index (χ4n) is 9.08. The Bertz CT molecular complexity index is 607. The van der Waals surface area contributed by atoms with Gasteiger partial charge in [0.1, 0.15) is 5.78 Å². The van der Waals surface area contributed by atoms with Crippen LogP contribution in [0.5, 0.6) is 0 Å². The summed E-state index contributed by atoms with van der Waals surface area (Å²) in [7, 11) is 0. The fraction of sp³-hybridized carbons (Fsp3) is 0.964. The number of fused-ring (bicyclic) bond motifs is 5. The summed E-state index contributed by atoms with van der Waals surface area (Å²) in [5.41, 5.74) is 1.06. The van der Waals surface area contributed by atoms with Crippen LogP contribution in [0.3, 0.4) is 0 Å². The smallest absolute Gasteiger partial charge is 0.133 e. The Morgan fingerprint density at radius 1 is 0.862 bits per heavy atom. The van der Waals surface area contributed by atoms with Crippen molar-refractivity contribution in [2.75, 3.05) is 0 Å². The SMILES string of the molecule is CC(C)[C@H](C)CC[C@@H](C)C1CCC2C3CC[C@H]4CC(=O)CC[C@]4(C)C3CC[C@@]21C. The molecule has 1 nitrogen and oxygen atoms in total. The molecule has 0 spiro atoms. The Balaban J connectivity index is 1.46. The van der Waals surface area contributed by atoms with E-state index in [1.807, 2.05) is 0 Å². The lowest BCUT2D eigenvalue weighted by molar-refractivity contribution is -0.140. The van der Waals surface area contributed by atoms with Crippen molar-refractivity contribution < 1.29 is 4.79 Å². The number of carbonyl (C=O) groups is 1. The molecule has 0 aliphatic heterocycles. The van der Waals surface area contributed by atoms with E-state index >= 15 is 0 Å². The Kier molecular flexibility index (Phi) is 6.02. The third kappa shape index (κ3) is 3.65. The van der Waals surface area contributed by atoms with Crippen molar-refractivity contribution in [3.8, 4) is 0 Å². The highest BCUT2D eigenvalue weighted by molar-refractivity contribution is 5.79. The second kappa shape index (κ2) is 7.98. The van der Waals surface area contributed by atoms with Crippen molar-refractivity contribution in [2.24, 2.45) is 58.2 Å². The minimum absolute atomic E-state index is 0.467. The van der Waals surface area contributed by atoms with Crippen molar-refractivity contribution in [3.63, 3.8) is 0 Å². The first-order valence-electron chi connectivity index (χ1n) is 13.2. The zero-order chi connectivity index (χ0) is 21.0. The summed E-state index contributed by atoms with van der Waals surface area (Å²) in [6.07, 6.45) is 14.4. The maximum atomic E-state index is 12.1. The van der Waals surface area contributed by atoms with Crippen LogP contribution in [0.15, 0.2) is 0 Å². The van der Waals surface area contributed by atoms with E-state index in [4.69, 9.17) is 0 Å². The minimum atomic E-state index is 0.467. The second-order valence-corrected chi connectivity index (χ2v) is 12.9. The van der Waals surface area contributed by atoms with Gasteiger partial charge in [0, 0.05) is 12.8 Å². The molecule has 0 bridgehead atoms. The lowest BCUT2D eigenvalue weighted by atomic mass is 9.44. The molecule has 29 heavy (non-hydrogen) atoms. The van der Waals surface area contributed by atoms with Gasteiger partial charge < -0.3 is 0 Å². The molecule has 4 aliphatic rings. The predicted molar refractivity (Wildman–Crippen MR) is 123 cm³/mol. The van der Waals surface area contributed by atoms with Gasteiger partial charge in [-0.25, -0.2) is 0 Å². The van der Waals surface area contributed by atoms with Crippen LogP contribution in [0.2, 0.25) is 0 Å². The van der Waals surface area contributed by atoms with Gasteiger partial charge in [-0.3, -0.25) is 4.79 Å². The van der Waals surface area contributed by atoms with Crippen molar-refractivity contribution in [2.45, 2.75) is 112 Å². The zero-order valence-corrected chi connectivity index (χ0v) is 20.3. The lowest BCUT2D eigenvalue weighted by Crippen LogP contribution is -2.53. The molecule has 0 saturated heterocycles. The lowest BCUT2D eigenvalue weighted by Gasteiger charge is -2.60. The van der Waals surface area contributed by atoms with Gasteiger partial charge in [0.25, 0.3) is 0 Å². The Hall–Kier alpha value is -0.330. The Morgan fingerprint density at radius 2 is 1.59 bits per heavy atom. The second-order valence-electron chi connectivity index (χ2n) is 12.9. The molecule has 1 heteroatoms. The molecule has 4 rings (SSSR count). The van der Waals surface area contributed by atoms with Gasteiger partial charge in [-0.2, -0.15) is 0 Å². The summed E-state index contributed by atoms with van der Waals surface area (Å²) in [6.45, 7) is 15.1. The number of Topliss-reactive ketones (excluding diaryl/α,β-unsaturated/α-hetero) is 1. The van der Waals surface area contributed by atoms with Gasteiger partial charge in [0.2, 0.25) is 0 Å². The minimum Gasteiger partial charge on any atom is -0.300 e. The summed E-state index contributed by atoms with van der Waals surface area (Å²) in [6, 6.07) is 0. The molecule has 0 heterocycles. The van der Waals surface area contributed by atoms with E-state index in [2.05, 4.69) is 41.5 Å². The quantitative estimate of drug-likeness (QED) is 0.458. The van der Waals surface area contributed by atoms with Crippen molar-refractivity contribution in [1.82, 2.24) is 0 Å². The predicted octanol–water partition coefficient (Wildman–Crippen LogP) is 7.92. The third-order valence-corrected chi connectivity index (χ3v) is 11.5. The molecule has 0 N–H and O–H groups in total. The van der Waals surface area contributed by atoms with Gasteiger partial charge in [-0.1, -0.05) is 54.4 Å². The molecule has 0 aromatic rings.